The molecule has 0 saturated carbocycles. The third-order valence-corrected chi connectivity index (χ3v) is 3.97. The second kappa shape index (κ2) is 7.07. The third-order valence-electron chi connectivity index (χ3n) is 2.85. The maximum absolute atomic E-state index is 13.4. The number of hydrogen-bond acceptors (Lipinski definition) is 2. The van der Waals surface area contributed by atoms with Crippen molar-refractivity contribution in [3.8, 4) is 5.75 Å². The smallest absolute Gasteiger partial charge is 0.137 e. The van der Waals surface area contributed by atoms with Gasteiger partial charge in [-0.3, -0.25) is 0 Å². The van der Waals surface area contributed by atoms with Crippen LogP contribution in [-0.2, 0) is 13.0 Å². The van der Waals surface area contributed by atoms with Crippen LogP contribution in [0, 0.1) is 5.82 Å². The molecule has 0 fully saturated rings. The van der Waals surface area contributed by atoms with Crippen LogP contribution < -0.4 is 10.5 Å². The van der Waals surface area contributed by atoms with Crippen LogP contribution in [0.15, 0.2) is 40.9 Å². The maximum atomic E-state index is 13.4. The van der Waals surface area contributed by atoms with E-state index in [-0.39, 0.29) is 12.4 Å². The van der Waals surface area contributed by atoms with Crippen LogP contribution in [0.4, 0.5) is 4.39 Å². The van der Waals surface area contributed by atoms with E-state index in [0.717, 1.165) is 16.9 Å². The summed E-state index contributed by atoms with van der Waals surface area (Å²) in [7, 11) is 0. The second-order valence-corrected chi connectivity index (χ2v) is 5.52. The average Bonchev–Trinajstić information content (AvgIpc) is 2.42. The van der Waals surface area contributed by atoms with E-state index >= 15 is 0 Å². The van der Waals surface area contributed by atoms with E-state index in [0.29, 0.717) is 22.5 Å². The Morgan fingerprint density at radius 2 is 2.00 bits per heavy atom. The van der Waals surface area contributed by atoms with Crippen molar-refractivity contribution < 1.29 is 9.13 Å². The number of rotatable bonds is 5. The number of halogens is 3. The first-order valence-corrected chi connectivity index (χ1v) is 7.33. The zero-order valence-electron chi connectivity index (χ0n) is 10.7. The molecule has 0 aliphatic carbocycles. The molecule has 0 aromatic heterocycles. The molecular weight excluding hydrogens is 345 g/mol. The predicted molar refractivity (Wildman–Crippen MR) is 82.6 cm³/mol. The first kappa shape index (κ1) is 15.3. The van der Waals surface area contributed by atoms with E-state index in [4.69, 9.17) is 22.1 Å². The summed E-state index contributed by atoms with van der Waals surface area (Å²) in [5.41, 5.74) is 7.28. The highest BCUT2D eigenvalue weighted by atomic mass is 79.9. The molecule has 0 atom stereocenters. The minimum atomic E-state index is -0.301. The van der Waals surface area contributed by atoms with Crippen molar-refractivity contribution in [1.82, 2.24) is 0 Å². The highest BCUT2D eigenvalue weighted by Gasteiger charge is 2.08. The summed E-state index contributed by atoms with van der Waals surface area (Å²) >= 11 is 9.18. The monoisotopic (exact) mass is 357 g/mol. The number of hydrogen-bond donors (Lipinski definition) is 1. The van der Waals surface area contributed by atoms with Crippen LogP contribution in [0.1, 0.15) is 11.1 Å². The molecule has 0 unspecified atom stereocenters. The summed E-state index contributed by atoms with van der Waals surface area (Å²) in [4.78, 5) is 0. The van der Waals surface area contributed by atoms with Crippen LogP contribution in [0.5, 0.6) is 5.75 Å². The van der Waals surface area contributed by atoms with Crippen molar-refractivity contribution in [3.05, 3.63) is 62.8 Å². The lowest BCUT2D eigenvalue weighted by Crippen LogP contribution is -2.06. The molecule has 5 heteroatoms. The summed E-state index contributed by atoms with van der Waals surface area (Å²) in [6.45, 7) is 0.790. The molecule has 0 saturated heterocycles. The molecule has 2 rings (SSSR count). The SMILES string of the molecule is NCCc1cc(Cl)ccc1OCc1cccc(F)c1Br. The van der Waals surface area contributed by atoms with E-state index in [2.05, 4.69) is 15.9 Å². The van der Waals surface area contributed by atoms with Gasteiger partial charge in [-0.1, -0.05) is 23.7 Å². The van der Waals surface area contributed by atoms with Gasteiger partial charge in [-0.05, 0) is 58.7 Å². The molecule has 0 radical (unpaired) electrons. The standard InChI is InChI=1S/C15H14BrClFNO/c16-15-11(2-1-3-13(15)18)9-20-14-5-4-12(17)8-10(14)6-7-19/h1-5,8H,6-7,9,19H2. The van der Waals surface area contributed by atoms with Gasteiger partial charge in [0.15, 0.2) is 0 Å². The van der Waals surface area contributed by atoms with Crippen molar-refractivity contribution in [3.63, 3.8) is 0 Å². The van der Waals surface area contributed by atoms with Crippen molar-refractivity contribution in [2.75, 3.05) is 6.54 Å². The summed E-state index contributed by atoms with van der Waals surface area (Å²) in [5.74, 6) is 0.417. The molecule has 2 aromatic rings. The Balaban J connectivity index is 2.16. The average molecular weight is 359 g/mol. The fourth-order valence-corrected chi connectivity index (χ4v) is 2.43. The summed E-state index contributed by atoms with van der Waals surface area (Å²) in [6.07, 6.45) is 0.681. The molecule has 0 aliphatic rings. The minimum absolute atomic E-state index is 0.275. The van der Waals surface area contributed by atoms with Gasteiger partial charge in [-0.25, -0.2) is 4.39 Å². The van der Waals surface area contributed by atoms with Gasteiger partial charge in [0.05, 0.1) is 4.47 Å². The first-order chi connectivity index (χ1) is 9.61. The minimum Gasteiger partial charge on any atom is -0.489 e. The predicted octanol–water partition coefficient (Wildman–Crippen LogP) is 4.32. The number of benzene rings is 2. The molecule has 0 heterocycles. The Kier molecular flexibility index (Phi) is 5.40. The Morgan fingerprint density at radius 3 is 2.75 bits per heavy atom. The number of ether oxygens (including phenoxy) is 1. The number of nitrogens with two attached hydrogens (primary N) is 1. The van der Waals surface area contributed by atoms with E-state index in [9.17, 15) is 4.39 Å². The van der Waals surface area contributed by atoms with Crippen LogP contribution in [0.25, 0.3) is 0 Å². The summed E-state index contributed by atoms with van der Waals surface area (Å²) < 4.78 is 19.6. The Hall–Kier alpha value is -1.10. The summed E-state index contributed by atoms with van der Waals surface area (Å²) in [6, 6.07) is 10.3. The molecule has 2 aromatic carbocycles. The van der Waals surface area contributed by atoms with E-state index < -0.39 is 0 Å². The van der Waals surface area contributed by atoms with Gasteiger partial charge in [0, 0.05) is 10.6 Å². The van der Waals surface area contributed by atoms with Gasteiger partial charge in [0.2, 0.25) is 0 Å². The van der Waals surface area contributed by atoms with E-state index in [1.54, 1.807) is 18.2 Å². The van der Waals surface area contributed by atoms with Gasteiger partial charge < -0.3 is 10.5 Å². The molecule has 106 valence electrons. The maximum Gasteiger partial charge on any atom is 0.137 e. The quantitative estimate of drug-likeness (QED) is 0.864. The van der Waals surface area contributed by atoms with Crippen LogP contribution >= 0.6 is 27.5 Å². The fourth-order valence-electron chi connectivity index (χ4n) is 1.86. The van der Waals surface area contributed by atoms with E-state index in [1.807, 2.05) is 12.1 Å². The Bertz CT molecular complexity index is 606. The van der Waals surface area contributed by atoms with Crippen molar-refractivity contribution in [2.24, 2.45) is 5.73 Å². The first-order valence-electron chi connectivity index (χ1n) is 6.16. The van der Waals surface area contributed by atoms with Crippen molar-refractivity contribution in [1.29, 1.82) is 0 Å². The fraction of sp³-hybridized carbons (Fsp3) is 0.200. The van der Waals surface area contributed by atoms with E-state index in [1.165, 1.54) is 6.07 Å². The Labute approximate surface area is 130 Å². The molecule has 2 N–H and O–H groups in total. The lowest BCUT2D eigenvalue weighted by atomic mass is 10.1. The molecule has 0 spiro atoms. The zero-order valence-corrected chi connectivity index (χ0v) is 13.0. The molecule has 0 amide bonds. The summed E-state index contributed by atoms with van der Waals surface area (Å²) in [5, 5.41) is 0.646. The highest BCUT2D eigenvalue weighted by Crippen LogP contribution is 2.26. The van der Waals surface area contributed by atoms with Gasteiger partial charge >= 0.3 is 0 Å². The topological polar surface area (TPSA) is 35.2 Å². The third kappa shape index (κ3) is 3.72. The van der Waals surface area contributed by atoms with Crippen molar-refractivity contribution in [2.45, 2.75) is 13.0 Å². The Morgan fingerprint density at radius 1 is 1.20 bits per heavy atom. The van der Waals surface area contributed by atoms with Crippen molar-refractivity contribution >= 4 is 27.5 Å². The zero-order chi connectivity index (χ0) is 14.5. The van der Waals surface area contributed by atoms with Crippen LogP contribution in [0.3, 0.4) is 0 Å². The molecule has 0 aliphatic heterocycles. The van der Waals surface area contributed by atoms with Gasteiger partial charge in [0.25, 0.3) is 0 Å². The highest BCUT2D eigenvalue weighted by molar-refractivity contribution is 9.10. The largest absolute Gasteiger partial charge is 0.489 e. The van der Waals surface area contributed by atoms with Gasteiger partial charge in [-0.15, -0.1) is 0 Å². The second-order valence-electron chi connectivity index (χ2n) is 4.29. The van der Waals surface area contributed by atoms with Crippen LogP contribution in [0.2, 0.25) is 5.02 Å². The molecule has 2 nitrogen and oxygen atoms in total. The lowest BCUT2D eigenvalue weighted by molar-refractivity contribution is 0.301. The van der Waals surface area contributed by atoms with Gasteiger partial charge in [-0.2, -0.15) is 0 Å². The van der Waals surface area contributed by atoms with Crippen LogP contribution in [-0.4, -0.2) is 6.54 Å². The van der Waals surface area contributed by atoms with Gasteiger partial charge in [0.1, 0.15) is 18.2 Å². The normalized spacial score (nSPS) is 10.6. The molecule has 20 heavy (non-hydrogen) atoms. The molecular formula is C15H14BrClFNO. The lowest BCUT2D eigenvalue weighted by Gasteiger charge is -2.12. The molecule has 0 bridgehead atoms.